The van der Waals surface area contributed by atoms with Gasteiger partial charge in [0.25, 0.3) is 0 Å². The first-order valence-electron chi connectivity index (χ1n) is 7.27. The number of amides is 1. The van der Waals surface area contributed by atoms with E-state index in [9.17, 15) is 4.79 Å². The molecule has 0 radical (unpaired) electrons. The molecular formula is C17H19NO2S2. The fraction of sp³-hybridized carbons (Fsp3) is 0.353. The van der Waals surface area contributed by atoms with Gasteiger partial charge in [-0.3, -0.25) is 4.79 Å². The van der Waals surface area contributed by atoms with Crippen LogP contribution >= 0.6 is 23.1 Å². The lowest BCUT2D eigenvalue weighted by Gasteiger charge is -2.34. The van der Waals surface area contributed by atoms with Gasteiger partial charge in [0.1, 0.15) is 11.1 Å². The lowest BCUT2D eigenvalue weighted by Crippen LogP contribution is -2.36. The highest BCUT2D eigenvalue weighted by Gasteiger charge is 2.30. The molecule has 3 nitrogen and oxygen atoms in total. The van der Waals surface area contributed by atoms with Crippen LogP contribution in [0.3, 0.4) is 0 Å². The second-order valence-electron chi connectivity index (χ2n) is 5.29. The van der Waals surface area contributed by atoms with Crippen molar-refractivity contribution < 1.29 is 9.53 Å². The zero-order valence-corrected chi connectivity index (χ0v) is 14.4. The maximum Gasteiger partial charge on any atom is 0.224 e. The monoisotopic (exact) mass is 333 g/mol. The maximum absolute atomic E-state index is 12.4. The summed E-state index contributed by atoms with van der Waals surface area (Å²) in [5, 5.41) is 0.131. The standard InChI is InChI=1S/C17H19NO2S2/c1-12-6-7-15(22-12)17-18(16(19)8-9-21-17)11-13-4-3-5-14(10-13)20-2/h3-7,10,17H,8-9,11H2,1-2H3. The number of carbonyl (C=O) groups is 1. The van der Waals surface area contributed by atoms with Crippen molar-refractivity contribution in [2.45, 2.75) is 25.3 Å². The zero-order valence-electron chi connectivity index (χ0n) is 12.7. The van der Waals surface area contributed by atoms with E-state index in [0.29, 0.717) is 13.0 Å². The number of thioether (sulfide) groups is 1. The summed E-state index contributed by atoms with van der Waals surface area (Å²) >= 11 is 3.63. The Kier molecular flexibility index (Phi) is 4.74. The molecule has 3 rings (SSSR count). The second-order valence-corrected chi connectivity index (χ2v) is 7.80. The number of aryl methyl sites for hydroxylation is 1. The number of benzene rings is 1. The first kappa shape index (κ1) is 15.4. The van der Waals surface area contributed by atoms with E-state index in [2.05, 4.69) is 19.1 Å². The van der Waals surface area contributed by atoms with Crippen molar-refractivity contribution in [3.8, 4) is 5.75 Å². The second kappa shape index (κ2) is 6.75. The van der Waals surface area contributed by atoms with Crippen LogP contribution in [-0.4, -0.2) is 23.7 Å². The Balaban J connectivity index is 1.85. The molecule has 1 amide bonds. The van der Waals surface area contributed by atoms with Gasteiger partial charge in [0.15, 0.2) is 0 Å². The Hall–Kier alpha value is -1.46. The van der Waals surface area contributed by atoms with Crippen molar-refractivity contribution in [2.24, 2.45) is 0 Å². The molecule has 1 fully saturated rings. The van der Waals surface area contributed by atoms with E-state index < -0.39 is 0 Å². The summed E-state index contributed by atoms with van der Waals surface area (Å²) in [6, 6.07) is 12.2. The van der Waals surface area contributed by atoms with Crippen molar-refractivity contribution in [3.63, 3.8) is 0 Å². The molecule has 0 spiro atoms. The number of rotatable bonds is 4. The molecule has 1 aliphatic heterocycles. The van der Waals surface area contributed by atoms with Crippen LogP contribution in [0.1, 0.15) is 27.1 Å². The van der Waals surface area contributed by atoms with Gasteiger partial charge < -0.3 is 9.64 Å². The topological polar surface area (TPSA) is 29.5 Å². The Morgan fingerprint density at radius 3 is 2.91 bits per heavy atom. The summed E-state index contributed by atoms with van der Waals surface area (Å²) in [6.07, 6.45) is 0.621. The van der Waals surface area contributed by atoms with E-state index in [-0.39, 0.29) is 11.3 Å². The molecule has 1 aromatic heterocycles. The van der Waals surface area contributed by atoms with Crippen LogP contribution in [0.15, 0.2) is 36.4 Å². The van der Waals surface area contributed by atoms with Gasteiger partial charge in [-0.1, -0.05) is 12.1 Å². The molecular weight excluding hydrogens is 314 g/mol. The third kappa shape index (κ3) is 3.31. The molecule has 1 saturated heterocycles. The maximum atomic E-state index is 12.4. The van der Waals surface area contributed by atoms with E-state index in [4.69, 9.17) is 4.74 Å². The molecule has 0 bridgehead atoms. The van der Waals surface area contributed by atoms with Gasteiger partial charge in [-0.25, -0.2) is 0 Å². The minimum atomic E-state index is 0.131. The summed E-state index contributed by atoms with van der Waals surface area (Å²) in [5.74, 6) is 1.96. The van der Waals surface area contributed by atoms with E-state index in [1.807, 2.05) is 40.9 Å². The smallest absolute Gasteiger partial charge is 0.224 e. The Bertz CT molecular complexity index is 668. The molecule has 0 saturated carbocycles. The average Bonchev–Trinajstić information content (AvgIpc) is 2.96. The molecule has 116 valence electrons. The molecule has 2 aromatic rings. The number of carbonyl (C=O) groups excluding carboxylic acids is 1. The number of ether oxygens (including phenoxy) is 1. The van der Waals surface area contributed by atoms with E-state index in [1.165, 1.54) is 9.75 Å². The molecule has 2 heterocycles. The van der Waals surface area contributed by atoms with Gasteiger partial charge in [-0.15, -0.1) is 23.1 Å². The van der Waals surface area contributed by atoms with Gasteiger partial charge in [-0.2, -0.15) is 0 Å². The minimum absolute atomic E-state index is 0.131. The number of hydrogen-bond donors (Lipinski definition) is 0. The molecule has 0 N–H and O–H groups in total. The van der Waals surface area contributed by atoms with E-state index >= 15 is 0 Å². The van der Waals surface area contributed by atoms with Crippen molar-refractivity contribution in [3.05, 3.63) is 51.7 Å². The molecule has 5 heteroatoms. The van der Waals surface area contributed by atoms with Crippen LogP contribution in [0.25, 0.3) is 0 Å². The van der Waals surface area contributed by atoms with E-state index in [1.54, 1.807) is 18.4 Å². The SMILES string of the molecule is COc1cccc(CN2C(=O)CCSC2c2ccc(C)s2)c1. The highest BCUT2D eigenvalue weighted by atomic mass is 32.2. The van der Waals surface area contributed by atoms with Gasteiger partial charge >= 0.3 is 0 Å². The fourth-order valence-electron chi connectivity index (χ4n) is 2.58. The van der Waals surface area contributed by atoms with Crippen molar-refractivity contribution in [1.29, 1.82) is 0 Å². The van der Waals surface area contributed by atoms with Crippen molar-refractivity contribution >= 4 is 29.0 Å². The van der Waals surface area contributed by atoms with Gasteiger partial charge in [-0.05, 0) is 36.8 Å². The first-order chi connectivity index (χ1) is 10.7. The van der Waals surface area contributed by atoms with Gasteiger partial charge in [0, 0.05) is 28.5 Å². The minimum Gasteiger partial charge on any atom is -0.497 e. The van der Waals surface area contributed by atoms with Crippen molar-refractivity contribution in [2.75, 3.05) is 12.9 Å². The third-order valence-electron chi connectivity index (χ3n) is 3.69. The van der Waals surface area contributed by atoms with Crippen LogP contribution in [0.2, 0.25) is 0 Å². The average molecular weight is 333 g/mol. The van der Waals surface area contributed by atoms with Gasteiger partial charge in [0.2, 0.25) is 5.91 Å². The molecule has 1 atom stereocenters. The molecule has 1 unspecified atom stereocenters. The summed E-state index contributed by atoms with van der Waals surface area (Å²) in [6.45, 7) is 2.74. The predicted octanol–water partition coefficient (Wildman–Crippen LogP) is 4.23. The summed E-state index contributed by atoms with van der Waals surface area (Å²) < 4.78 is 5.28. The number of thiophene rings is 1. The van der Waals surface area contributed by atoms with E-state index in [0.717, 1.165) is 17.1 Å². The number of methoxy groups -OCH3 is 1. The zero-order chi connectivity index (χ0) is 15.5. The summed E-state index contributed by atoms with van der Waals surface area (Å²) in [5.41, 5.74) is 1.11. The molecule has 22 heavy (non-hydrogen) atoms. The molecule has 1 aliphatic rings. The van der Waals surface area contributed by atoms with Crippen LogP contribution in [0.4, 0.5) is 0 Å². The van der Waals surface area contributed by atoms with Gasteiger partial charge in [0.05, 0.1) is 7.11 Å². The van der Waals surface area contributed by atoms with Crippen molar-refractivity contribution in [1.82, 2.24) is 4.90 Å². The highest BCUT2D eigenvalue weighted by molar-refractivity contribution is 7.99. The fourth-order valence-corrected chi connectivity index (χ4v) is 4.93. The summed E-state index contributed by atoms with van der Waals surface area (Å²) in [4.78, 5) is 17.0. The Morgan fingerprint density at radius 2 is 2.18 bits per heavy atom. The van der Waals surface area contributed by atoms with Crippen LogP contribution < -0.4 is 4.74 Å². The summed E-state index contributed by atoms with van der Waals surface area (Å²) in [7, 11) is 1.66. The largest absolute Gasteiger partial charge is 0.497 e. The molecule has 0 aliphatic carbocycles. The normalized spacial score (nSPS) is 18.5. The quantitative estimate of drug-likeness (QED) is 0.838. The number of hydrogen-bond acceptors (Lipinski definition) is 4. The lowest BCUT2D eigenvalue weighted by molar-refractivity contribution is -0.132. The first-order valence-corrected chi connectivity index (χ1v) is 9.14. The predicted molar refractivity (Wildman–Crippen MR) is 92.4 cm³/mol. The Labute approximate surface area is 139 Å². The van der Waals surface area contributed by atoms with Crippen LogP contribution in [0, 0.1) is 6.92 Å². The van der Waals surface area contributed by atoms with Crippen LogP contribution in [0.5, 0.6) is 5.75 Å². The molecule has 1 aromatic carbocycles. The van der Waals surface area contributed by atoms with Crippen LogP contribution in [-0.2, 0) is 11.3 Å². The Morgan fingerprint density at radius 1 is 1.32 bits per heavy atom. The number of nitrogens with zero attached hydrogens (tertiary/aromatic N) is 1. The highest BCUT2D eigenvalue weighted by Crippen LogP contribution is 2.41. The third-order valence-corrected chi connectivity index (χ3v) is 6.15. The lowest BCUT2D eigenvalue weighted by atomic mass is 10.2.